The summed E-state index contributed by atoms with van der Waals surface area (Å²) in [5.41, 5.74) is 0.378. The van der Waals surface area contributed by atoms with Gasteiger partial charge in [0.1, 0.15) is 5.69 Å². The van der Waals surface area contributed by atoms with E-state index in [9.17, 15) is 4.79 Å². The van der Waals surface area contributed by atoms with Crippen molar-refractivity contribution in [2.24, 2.45) is 7.05 Å². The van der Waals surface area contributed by atoms with Crippen molar-refractivity contribution >= 4 is 21.8 Å². The standard InChI is InChI=1S/C10H16BrN3O/c1-10(2,4-5-11)13-9(15)8-6-12-7-14(8)3/h6-7H,4-5H2,1-3H3,(H,13,15). The van der Waals surface area contributed by atoms with Crippen molar-refractivity contribution in [2.45, 2.75) is 25.8 Å². The summed E-state index contributed by atoms with van der Waals surface area (Å²) < 4.78 is 1.71. The van der Waals surface area contributed by atoms with E-state index in [4.69, 9.17) is 0 Å². The maximum atomic E-state index is 11.8. The van der Waals surface area contributed by atoms with Crippen molar-refractivity contribution in [3.05, 3.63) is 18.2 Å². The first-order valence-electron chi connectivity index (χ1n) is 4.81. The Kier molecular flexibility index (Phi) is 3.90. The van der Waals surface area contributed by atoms with Crippen LogP contribution in [0.4, 0.5) is 0 Å². The lowest BCUT2D eigenvalue weighted by atomic mass is 10.0. The Morgan fingerprint density at radius 2 is 2.33 bits per heavy atom. The molecule has 0 unspecified atom stereocenters. The molecule has 0 saturated carbocycles. The Bertz CT molecular complexity index is 346. The predicted molar refractivity (Wildman–Crippen MR) is 63.2 cm³/mol. The molecule has 0 aromatic carbocycles. The molecule has 0 aliphatic heterocycles. The van der Waals surface area contributed by atoms with Crippen molar-refractivity contribution in [2.75, 3.05) is 5.33 Å². The number of alkyl halides is 1. The number of aryl methyl sites for hydroxylation is 1. The molecule has 0 fully saturated rings. The summed E-state index contributed by atoms with van der Waals surface area (Å²) >= 11 is 3.37. The van der Waals surface area contributed by atoms with Crippen LogP contribution in [0.15, 0.2) is 12.5 Å². The molecule has 1 aromatic heterocycles. The highest BCUT2D eigenvalue weighted by atomic mass is 79.9. The molecule has 5 heteroatoms. The number of hydrogen-bond donors (Lipinski definition) is 1. The van der Waals surface area contributed by atoms with E-state index in [0.29, 0.717) is 5.69 Å². The van der Waals surface area contributed by atoms with Crippen LogP contribution in [0.25, 0.3) is 0 Å². The summed E-state index contributed by atoms with van der Waals surface area (Å²) in [6, 6.07) is 0. The Labute approximate surface area is 98.2 Å². The highest BCUT2D eigenvalue weighted by Crippen LogP contribution is 2.11. The number of hydrogen-bond acceptors (Lipinski definition) is 2. The minimum atomic E-state index is -0.204. The summed E-state index contributed by atoms with van der Waals surface area (Å²) in [5, 5.41) is 3.84. The molecule has 0 spiro atoms. The Morgan fingerprint density at radius 3 is 2.80 bits per heavy atom. The van der Waals surface area contributed by atoms with Crippen molar-refractivity contribution in [3.63, 3.8) is 0 Å². The average Bonchev–Trinajstić information content (AvgIpc) is 2.50. The normalized spacial score (nSPS) is 11.5. The average molecular weight is 274 g/mol. The molecule has 0 aliphatic rings. The maximum Gasteiger partial charge on any atom is 0.269 e. The number of carbonyl (C=O) groups excluding carboxylic acids is 1. The summed E-state index contributed by atoms with van der Waals surface area (Å²) in [7, 11) is 1.80. The van der Waals surface area contributed by atoms with Gasteiger partial charge in [0, 0.05) is 17.9 Å². The van der Waals surface area contributed by atoms with E-state index in [1.54, 1.807) is 24.1 Å². The van der Waals surface area contributed by atoms with Crippen LogP contribution in [-0.2, 0) is 7.05 Å². The Morgan fingerprint density at radius 1 is 1.67 bits per heavy atom. The molecule has 0 atom stereocenters. The van der Waals surface area contributed by atoms with E-state index in [0.717, 1.165) is 11.8 Å². The zero-order chi connectivity index (χ0) is 11.5. The molecule has 15 heavy (non-hydrogen) atoms. The van der Waals surface area contributed by atoms with Gasteiger partial charge in [-0.05, 0) is 20.3 Å². The van der Waals surface area contributed by atoms with Crippen LogP contribution in [0.5, 0.6) is 0 Å². The number of amides is 1. The van der Waals surface area contributed by atoms with Crippen LogP contribution in [0.3, 0.4) is 0 Å². The van der Waals surface area contributed by atoms with Crippen molar-refractivity contribution < 1.29 is 4.79 Å². The lowest BCUT2D eigenvalue weighted by Crippen LogP contribution is -2.44. The topological polar surface area (TPSA) is 46.9 Å². The first kappa shape index (κ1) is 12.2. The highest BCUT2D eigenvalue weighted by Gasteiger charge is 2.21. The van der Waals surface area contributed by atoms with Gasteiger partial charge in [-0.3, -0.25) is 4.79 Å². The van der Waals surface area contributed by atoms with Gasteiger partial charge in [0.15, 0.2) is 0 Å². The predicted octanol–water partition coefficient (Wildman–Crippen LogP) is 1.71. The smallest absolute Gasteiger partial charge is 0.269 e. The molecule has 0 bridgehead atoms. The van der Waals surface area contributed by atoms with E-state index in [1.807, 2.05) is 13.8 Å². The largest absolute Gasteiger partial charge is 0.346 e. The van der Waals surface area contributed by atoms with Crippen molar-refractivity contribution in [1.82, 2.24) is 14.9 Å². The molecule has 1 rings (SSSR count). The van der Waals surface area contributed by atoms with Crippen molar-refractivity contribution in [3.8, 4) is 0 Å². The van der Waals surface area contributed by atoms with E-state index in [2.05, 4.69) is 26.2 Å². The second-order valence-corrected chi connectivity index (χ2v) is 4.96. The summed E-state index contributed by atoms with van der Waals surface area (Å²) in [6.07, 6.45) is 4.07. The molecular formula is C10H16BrN3O. The van der Waals surface area contributed by atoms with Gasteiger partial charge in [0.05, 0.1) is 12.5 Å². The Balaban J connectivity index is 2.68. The molecule has 4 nitrogen and oxygen atoms in total. The van der Waals surface area contributed by atoms with Gasteiger partial charge in [-0.1, -0.05) is 15.9 Å². The lowest BCUT2D eigenvalue weighted by molar-refractivity contribution is 0.0903. The zero-order valence-corrected chi connectivity index (χ0v) is 10.8. The number of imidazole rings is 1. The molecule has 84 valence electrons. The van der Waals surface area contributed by atoms with Gasteiger partial charge >= 0.3 is 0 Å². The van der Waals surface area contributed by atoms with Crippen molar-refractivity contribution in [1.29, 1.82) is 0 Å². The number of aromatic nitrogens is 2. The van der Waals surface area contributed by atoms with Crippen LogP contribution in [0, 0.1) is 0 Å². The van der Waals surface area contributed by atoms with Crippen LogP contribution in [-0.4, -0.2) is 26.3 Å². The van der Waals surface area contributed by atoms with E-state index in [1.165, 1.54) is 0 Å². The molecule has 0 radical (unpaired) electrons. The third-order valence-electron chi connectivity index (χ3n) is 2.22. The molecular weight excluding hydrogens is 258 g/mol. The third kappa shape index (κ3) is 3.34. The van der Waals surface area contributed by atoms with E-state index >= 15 is 0 Å². The Hall–Kier alpha value is -0.840. The van der Waals surface area contributed by atoms with Gasteiger partial charge < -0.3 is 9.88 Å². The molecule has 1 N–H and O–H groups in total. The van der Waals surface area contributed by atoms with Gasteiger partial charge in [0.2, 0.25) is 0 Å². The number of rotatable bonds is 4. The second kappa shape index (κ2) is 4.79. The highest BCUT2D eigenvalue weighted by molar-refractivity contribution is 9.09. The summed E-state index contributed by atoms with van der Waals surface area (Å²) in [5.74, 6) is -0.0825. The van der Waals surface area contributed by atoms with Gasteiger partial charge in [0.25, 0.3) is 5.91 Å². The minimum Gasteiger partial charge on any atom is -0.346 e. The number of carbonyl (C=O) groups is 1. The molecule has 1 aromatic rings. The van der Waals surface area contributed by atoms with Crippen LogP contribution in [0.1, 0.15) is 30.8 Å². The van der Waals surface area contributed by atoms with E-state index in [-0.39, 0.29) is 11.4 Å². The van der Waals surface area contributed by atoms with E-state index < -0.39 is 0 Å². The molecule has 0 saturated heterocycles. The first-order valence-corrected chi connectivity index (χ1v) is 5.93. The van der Waals surface area contributed by atoms with Gasteiger partial charge in [-0.25, -0.2) is 4.98 Å². The number of nitrogens with one attached hydrogen (secondary N) is 1. The fraction of sp³-hybridized carbons (Fsp3) is 0.600. The lowest BCUT2D eigenvalue weighted by Gasteiger charge is -2.25. The monoisotopic (exact) mass is 273 g/mol. The fourth-order valence-electron chi connectivity index (χ4n) is 1.25. The zero-order valence-electron chi connectivity index (χ0n) is 9.25. The fourth-order valence-corrected chi connectivity index (χ4v) is 2.24. The van der Waals surface area contributed by atoms with Gasteiger partial charge in [-0.2, -0.15) is 0 Å². The molecule has 0 aliphatic carbocycles. The minimum absolute atomic E-state index is 0.0825. The van der Waals surface area contributed by atoms with Gasteiger partial charge in [-0.15, -0.1) is 0 Å². The third-order valence-corrected chi connectivity index (χ3v) is 2.62. The molecule has 1 heterocycles. The first-order chi connectivity index (χ1) is 6.96. The summed E-state index contributed by atoms with van der Waals surface area (Å²) in [4.78, 5) is 15.7. The van der Waals surface area contributed by atoms with Crippen LogP contribution in [0.2, 0.25) is 0 Å². The maximum absolute atomic E-state index is 11.8. The quantitative estimate of drug-likeness (QED) is 0.850. The SMILES string of the molecule is Cn1cncc1C(=O)NC(C)(C)CCBr. The van der Waals surface area contributed by atoms with Crippen LogP contribution >= 0.6 is 15.9 Å². The number of nitrogens with zero attached hydrogens (tertiary/aromatic N) is 2. The van der Waals surface area contributed by atoms with Crippen LogP contribution < -0.4 is 5.32 Å². The molecule has 1 amide bonds. The second-order valence-electron chi connectivity index (χ2n) is 4.17. The summed E-state index contributed by atoms with van der Waals surface area (Å²) in [6.45, 7) is 4.01. The number of halogens is 1.